The van der Waals surface area contributed by atoms with E-state index in [0.717, 1.165) is 83.8 Å². The van der Waals surface area contributed by atoms with Gasteiger partial charge in [-0.25, -0.2) is 14.8 Å². The minimum absolute atomic E-state index is 0.0486. The van der Waals surface area contributed by atoms with Crippen molar-refractivity contribution < 1.29 is 19.1 Å². The molecule has 3 fully saturated rings. The van der Waals surface area contributed by atoms with E-state index in [1.54, 1.807) is 0 Å². The van der Waals surface area contributed by atoms with Crippen molar-refractivity contribution in [3.8, 4) is 33.6 Å². The molecule has 3 amide bonds. The molecule has 3 aliphatic heterocycles. The van der Waals surface area contributed by atoms with Crippen LogP contribution >= 0.6 is 0 Å². The Balaban J connectivity index is 1.01. The van der Waals surface area contributed by atoms with Crippen LogP contribution in [0.15, 0.2) is 60.9 Å². The van der Waals surface area contributed by atoms with E-state index >= 15 is 0 Å². The number of hydrogen-bond donors (Lipinski definition) is 3. The number of aromatic nitrogens is 4. The fourth-order valence-electron chi connectivity index (χ4n) is 7.61. The summed E-state index contributed by atoms with van der Waals surface area (Å²) in [6.07, 6.45) is 9.51. The zero-order chi connectivity index (χ0) is 33.4. The normalized spacial score (nSPS) is 21.4. The number of carbonyl (C=O) groups excluding carboxylic acids is 3. The molecule has 0 saturated carbocycles. The summed E-state index contributed by atoms with van der Waals surface area (Å²) < 4.78 is 4.75. The number of H-pyrrole nitrogens is 2. The number of alkyl carbamates (subject to hydrolysis) is 1. The van der Waals surface area contributed by atoms with E-state index in [0.29, 0.717) is 19.0 Å². The Morgan fingerprint density at radius 3 is 1.98 bits per heavy atom. The summed E-state index contributed by atoms with van der Waals surface area (Å²) >= 11 is 0. The quantitative estimate of drug-likeness (QED) is 0.202. The van der Waals surface area contributed by atoms with Crippen molar-refractivity contribution in [2.24, 2.45) is 5.92 Å². The molecule has 5 heterocycles. The minimum Gasteiger partial charge on any atom is -0.453 e. The van der Waals surface area contributed by atoms with Gasteiger partial charge in [-0.05, 0) is 66.7 Å². The summed E-state index contributed by atoms with van der Waals surface area (Å²) in [4.78, 5) is 58.2. The summed E-state index contributed by atoms with van der Waals surface area (Å²) in [5, 5.41) is 2.70. The molecule has 0 radical (unpaired) electrons. The Labute approximate surface area is 280 Å². The number of rotatable bonds is 8. The Hall–Kier alpha value is -4.93. The van der Waals surface area contributed by atoms with E-state index in [1.807, 2.05) is 31.1 Å². The number of nitrogens with zero attached hydrogens (tertiary/aromatic N) is 4. The van der Waals surface area contributed by atoms with Gasteiger partial charge in [-0.3, -0.25) is 9.59 Å². The molecule has 3 saturated heterocycles. The molecule has 3 N–H and O–H groups in total. The van der Waals surface area contributed by atoms with Crippen molar-refractivity contribution in [1.82, 2.24) is 35.1 Å². The fourth-order valence-corrected chi connectivity index (χ4v) is 7.61. The van der Waals surface area contributed by atoms with Crippen molar-refractivity contribution in [2.75, 3.05) is 13.7 Å². The maximum atomic E-state index is 13.5. The zero-order valence-corrected chi connectivity index (χ0v) is 27.7. The minimum atomic E-state index is -0.669. The highest BCUT2D eigenvalue weighted by Crippen LogP contribution is 2.40. The predicted octanol–water partition coefficient (Wildman–Crippen LogP) is 6.39. The van der Waals surface area contributed by atoms with Crippen LogP contribution in [0.2, 0.25) is 0 Å². The smallest absolute Gasteiger partial charge is 0.407 e. The summed E-state index contributed by atoms with van der Waals surface area (Å²) in [5.74, 6) is 1.67. The molecule has 3 aliphatic rings. The lowest BCUT2D eigenvalue weighted by Gasteiger charge is -2.33. The van der Waals surface area contributed by atoms with E-state index in [1.165, 1.54) is 7.11 Å². The van der Waals surface area contributed by atoms with Crippen LogP contribution in [0.1, 0.15) is 82.5 Å². The molecule has 0 spiro atoms. The van der Waals surface area contributed by atoms with Crippen LogP contribution in [0.3, 0.4) is 0 Å². The van der Waals surface area contributed by atoms with Crippen molar-refractivity contribution >= 4 is 17.9 Å². The molecule has 2 aromatic carbocycles. The molecule has 0 bridgehead atoms. The molecule has 0 unspecified atom stereocenters. The third kappa shape index (κ3) is 6.09. The molecule has 48 heavy (non-hydrogen) atoms. The molecule has 0 aliphatic carbocycles. The first kappa shape index (κ1) is 31.7. The van der Waals surface area contributed by atoms with Gasteiger partial charge in [0.15, 0.2) is 0 Å². The number of aromatic amines is 2. The van der Waals surface area contributed by atoms with Crippen LogP contribution < -0.4 is 5.32 Å². The number of carbonyl (C=O) groups is 3. The van der Waals surface area contributed by atoms with Crippen molar-refractivity contribution in [3.05, 3.63) is 72.6 Å². The van der Waals surface area contributed by atoms with Crippen LogP contribution in [-0.4, -0.2) is 73.4 Å². The second-order valence-electron chi connectivity index (χ2n) is 13.5. The Morgan fingerprint density at radius 2 is 1.40 bits per heavy atom. The van der Waals surface area contributed by atoms with Crippen LogP contribution in [0, 0.1) is 5.92 Å². The molecule has 11 heteroatoms. The molecule has 250 valence electrons. The number of methoxy groups -OCH3 is 1. The fraction of sp³-hybridized carbons (Fsp3) is 0.432. The molecule has 7 rings (SSSR count). The van der Waals surface area contributed by atoms with E-state index in [4.69, 9.17) is 9.72 Å². The third-order valence-corrected chi connectivity index (χ3v) is 10.2. The van der Waals surface area contributed by atoms with Crippen molar-refractivity contribution in [3.63, 3.8) is 0 Å². The first-order valence-corrected chi connectivity index (χ1v) is 17.1. The number of fused-ring (bicyclic) bond motifs is 1. The van der Waals surface area contributed by atoms with Gasteiger partial charge >= 0.3 is 6.09 Å². The average Bonchev–Trinajstić information content (AvgIpc) is 3.93. The molecule has 11 nitrogen and oxygen atoms in total. The molecular weight excluding hydrogens is 606 g/mol. The topological polar surface area (TPSA) is 136 Å². The molecular formula is C37H43N7O4. The lowest BCUT2D eigenvalue weighted by Crippen LogP contribution is -2.51. The van der Waals surface area contributed by atoms with Crippen molar-refractivity contribution in [1.29, 1.82) is 0 Å². The number of nitrogens with one attached hydrogen (secondary N) is 3. The van der Waals surface area contributed by atoms with Gasteiger partial charge in [0.25, 0.3) is 0 Å². The number of benzene rings is 2. The van der Waals surface area contributed by atoms with Gasteiger partial charge in [0.1, 0.15) is 17.7 Å². The second-order valence-corrected chi connectivity index (χ2v) is 13.5. The standard InChI is InChI=1S/C37H43N7O4/c1-22(2)33(42-37(47)48-3)36(46)43-19-5-7-30(43)34-38-20-28(40-34)25-13-9-23(10-14-25)24-11-15-26(16-12-24)29-21-39-35(41-29)31-18-17-27-6-4-8-32(45)44(27)31/h9-16,20-22,27,30-31,33H,4-8,17-19H2,1-3H3,(H,38,40)(H,39,41)(H,42,47)/t27-,30-,31-,33-/m0/s1. The predicted molar refractivity (Wildman–Crippen MR) is 181 cm³/mol. The molecule has 4 atom stereocenters. The highest BCUT2D eigenvalue weighted by molar-refractivity contribution is 5.86. The second kappa shape index (κ2) is 13.3. The first-order chi connectivity index (χ1) is 23.3. The Morgan fingerprint density at radius 1 is 0.812 bits per heavy atom. The van der Waals surface area contributed by atoms with E-state index in [9.17, 15) is 14.4 Å². The summed E-state index contributed by atoms with van der Waals surface area (Å²) in [6.45, 7) is 4.43. The zero-order valence-electron chi connectivity index (χ0n) is 27.7. The number of imidazole rings is 2. The SMILES string of the molecule is COC(=O)N[C@H](C(=O)N1CCC[C@H]1c1ncc(-c2ccc(-c3ccc(-c4cnc([C@@H]5CC[C@@H]6CCCC(=O)N65)[nH]4)cc3)cc2)[nH]1)C(C)C. The maximum Gasteiger partial charge on any atom is 0.407 e. The van der Waals surface area contributed by atoms with Crippen LogP contribution in [0.25, 0.3) is 33.6 Å². The third-order valence-electron chi connectivity index (χ3n) is 10.2. The van der Waals surface area contributed by atoms with Gasteiger partial charge in [-0.15, -0.1) is 0 Å². The summed E-state index contributed by atoms with van der Waals surface area (Å²) in [6, 6.07) is 16.3. The van der Waals surface area contributed by atoms with Crippen molar-refractivity contribution in [2.45, 2.75) is 83.0 Å². The lowest BCUT2D eigenvalue weighted by molar-refractivity contribution is -0.137. The van der Waals surface area contributed by atoms with Gasteiger partial charge in [0.2, 0.25) is 11.8 Å². The highest BCUT2D eigenvalue weighted by Gasteiger charge is 2.41. The number of piperidine rings is 1. The number of likely N-dealkylation sites (tertiary alicyclic amines) is 1. The van der Waals surface area contributed by atoms with Gasteiger partial charge < -0.3 is 29.8 Å². The molecule has 4 aromatic rings. The average molecular weight is 650 g/mol. The summed E-state index contributed by atoms with van der Waals surface area (Å²) in [7, 11) is 1.30. The Bertz CT molecular complexity index is 1780. The van der Waals surface area contributed by atoms with Crippen LogP contribution in [0.4, 0.5) is 4.79 Å². The van der Waals surface area contributed by atoms with E-state index in [2.05, 4.69) is 73.7 Å². The van der Waals surface area contributed by atoms with E-state index < -0.39 is 12.1 Å². The lowest BCUT2D eigenvalue weighted by atomic mass is 10.0. The van der Waals surface area contributed by atoms with E-state index in [-0.39, 0.29) is 29.8 Å². The largest absolute Gasteiger partial charge is 0.453 e. The number of ether oxygens (including phenoxy) is 1. The van der Waals surface area contributed by atoms with Gasteiger partial charge in [0.05, 0.1) is 43.0 Å². The number of amides is 3. The van der Waals surface area contributed by atoms with Gasteiger partial charge in [-0.1, -0.05) is 62.4 Å². The van der Waals surface area contributed by atoms with Crippen LogP contribution in [-0.2, 0) is 14.3 Å². The molecule has 2 aromatic heterocycles. The first-order valence-electron chi connectivity index (χ1n) is 17.1. The van der Waals surface area contributed by atoms with Crippen LogP contribution in [0.5, 0.6) is 0 Å². The summed E-state index contributed by atoms with van der Waals surface area (Å²) in [5.41, 5.74) is 6.10. The monoisotopic (exact) mass is 649 g/mol. The maximum absolute atomic E-state index is 13.5. The van der Waals surface area contributed by atoms with Gasteiger partial charge in [0, 0.05) is 19.0 Å². The van der Waals surface area contributed by atoms with Gasteiger partial charge in [-0.2, -0.15) is 0 Å². The Kier molecular flexibility index (Phi) is 8.77. The number of hydrogen-bond acceptors (Lipinski definition) is 6. The highest BCUT2D eigenvalue weighted by atomic mass is 16.5.